The van der Waals surface area contributed by atoms with Crippen LogP contribution in [0.15, 0.2) is 23.4 Å². The van der Waals surface area contributed by atoms with Crippen LogP contribution < -0.4 is 5.73 Å². The summed E-state index contributed by atoms with van der Waals surface area (Å²) in [6.45, 7) is 3.17. The molecule has 0 atom stereocenters. The van der Waals surface area contributed by atoms with E-state index in [1.807, 2.05) is 0 Å². The normalized spacial score (nSPS) is 11.1. The third kappa shape index (κ3) is 2.96. The standard InChI is InChI=1S/C10H12N2O3S/c1-10(2,9(14)15)16-7-4-3-6(5-12-7)8(11)13/h3-5H,1-2H3,(H2,11,13)(H,14,15). The maximum atomic E-state index is 10.9. The van der Waals surface area contributed by atoms with E-state index in [1.54, 1.807) is 19.9 Å². The van der Waals surface area contributed by atoms with Crippen LogP contribution in [-0.2, 0) is 4.79 Å². The fourth-order valence-corrected chi connectivity index (χ4v) is 1.74. The van der Waals surface area contributed by atoms with Gasteiger partial charge in [0.25, 0.3) is 0 Å². The largest absolute Gasteiger partial charge is 0.480 e. The van der Waals surface area contributed by atoms with Crippen LogP contribution in [0.1, 0.15) is 24.2 Å². The summed E-state index contributed by atoms with van der Waals surface area (Å²) in [7, 11) is 0. The lowest BCUT2D eigenvalue weighted by atomic mass is 10.2. The van der Waals surface area contributed by atoms with Gasteiger partial charge in [-0.3, -0.25) is 9.59 Å². The zero-order valence-electron chi connectivity index (χ0n) is 8.93. The Morgan fingerprint density at radius 1 is 1.44 bits per heavy atom. The zero-order chi connectivity index (χ0) is 12.3. The maximum absolute atomic E-state index is 10.9. The van der Waals surface area contributed by atoms with Gasteiger partial charge in [0.2, 0.25) is 5.91 Å². The number of hydrogen-bond donors (Lipinski definition) is 2. The molecule has 6 heteroatoms. The third-order valence-electron chi connectivity index (χ3n) is 1.90. The second-order valence-corrected chi connectivity index (χ2v) is 5.31. The number of carboxylic acid groups (broad SMARTS) is 1. The maximum Gasteiger partial charge on any atom is 0.319 e. The van der Waals surface area contributed by atoms with Crippen LogP contribution in [-0.4, -0.2) is 26.7 Å². The Kier molecular flexibility index (Phi) is 3.54. The predicted octanol–water partition coefficient (Wildman–Crippen LogP) is 1.14. The number of pyridine rings is 1. The van der Waals surface area contributed by atoms with Gasteiger partial charge in [0, 0.05) is 6.20 Å². The van der Waals surface area contributed by atoms with Crippen LogP contribution in [0.3, 0.4) is 0 Å². The predicted molar refractivity (Wildman–Crippen MR) is 60.3 cm³/mol. The van der Waals surface area contributed by atoms with Gasteiger partial charge in [0.1, 0.15) is 4.75 Å². The summed E-state index contributed by atoms with van der Waals surface area (Å²) in [5.41, 5.74) is 5.36. The lowest BCUT2D eigenvalue weighted by molar-refractivity contribution is -0.138. The van der Waals surface area contributed by atoms with Crippen LogP contribution in [0.2, 0.25) is 0 Å². The summed E-state index contributed by atoms with van der Waals surface area (Å²) < 4.78 is -0.957. The molecule has 16 heavy (non-hydrogen) atoms. The molecule has 0 fully saturated rings. The van der Waals surface area contributed by atoms with Crippen molar-refractivity contribution >= 4 is 23.6 Å². The molecule has 0 aliphatic rings. The fraction of sp³-hybridized carbons (Fsp3) is 0.300. The fourth-order valence-electron chi connectivity index (χ4n) is 0.892. The minimum atomic E-state index is -0.957. The van der Waals surface area contributed by atoms with Gasteiger partial charge in [-0.15, -0.1) is 0 Å². The van der Waals surface area contributed by atoms with E-state index < -0.39 is 16.6 Å². The first-order valence-electron chi connectivity index (χ1n) is 4.51. The molecule has 0 aromatic carbocycles. The van der Waals surface area contributed by atoms with Crippen molar-refractivity contribution in [1.29, 1.82) is 0 Å². The minimum Gasteiger partial charge on any atom is -0.480 e. The number of aliphatic carboxylic acids is 1. The van der Waals surface area contributed by atoms with Crippen molar-refractivity contribution < 1.29 is 14.7 Å². The minimum absolute atomic E-state index is 0.303. The van der Waals surface area contributed by atoms with E-state index in [0.717, 1.165) is 11.8 Å². The average Bonchev–Trinajstić information content (AvgIpc) is 2.17. The van der Waals surface area contributed by atoms with Crippen molar-refractivity contribution in [2.45, 2.75) is 23.6 Å². The van der Waals surface area contributed by atoms with Gasteiger partial charge in [-0.1, -0.05) is 11.8 Å². The molecule has 1 aromatic heterocycles. The van der Waals surface area contributed by atoms with Crippen LogP contribution >= 0.6 is 11.8 Å². The van der Waals surface area contributed by atoms with E-state index >= 15 is 0 Å². The number of amides is 1. The molecule has 0 unspecified atom stereocenters. The highest BCUT2D eigenvalue weighted by Gasteiger charge is 2.28. The molecule has 3 N–H and O–H groups in total. The Morgan fingerprint density at radius 2 is 2.06 bits per heavy atom. The number of nitrogens with zero attached hydrogens (tertiary/aromatic N) is 1. The van der Waals surface area contributed by atoms with E-state index in [4.69, 9.17) is 10.8 Å². The Hall–Kier alpha value is -1.56. The summed E-state index contributed by atoms with van der Waals surface area (Å²) in [5, 5.41) is 9.46. The quantitative estimate of drug-likeness (QED) is 0.770. The highest BCUT2D eigenvalue weighted by atomic mass is 32.2. The average molecular weight is 240 g/mol. The lowest BCUT2D eigenvalue weighted by Gasteiger charge is -2.17. The van der Waals surface area contributed by atoms with Gasteiger partial charge in [-0.25, -0.2) is 4.98 Å². The molecular formula is C10H12N2O3S. The van der Waals surface area contributed by atoms with Crippen molar-refractivity contribution in [1.82, 2.24) is 4.98 Å². The zero-order valence-corrected chi connectivity index (χ0v) is 9.75. The third-order valence-corrected chi connectivity index (χ3v) is 3.03. The smallest absolute Gasteiger partial charge is 0.319 e. The molecule has 86 valence electrons. The van der Waals surface area contributed by atoms with E-state index in [9.17, 15) is 9.59 Å². The molecule has 0 saturated heterocycles. The Labute approximate surface area is 97.1 Å². The van der Waals surface area contributed by atoms with Crippen molar-refractivity contribution in [3.8, 4) is 0 Å². The van der Waals surface area contributed by atoms with E-state index in [1.165, 1.54) is 12.3 Å². The highest BCUT2D eigenvalue weighted by Crippen LogP contribution is 2.31. The summed E-state index contributed by atoms with van der Waals surface area (Å²) in [6, 6.07) is 3.10. The van der Waals surface area contributed by atoms with Crippen LogP contribution in [0.4, 0.5) is 0 Å². The summed E-state index contributed by atoms with van der Waals surface area (Å²) in [5.74, 6) is -1.47. The molecule has 1 aromatic rings. The van der Waals surface area contributed by atoms with Gasteiger partial charge < -0.3 is 10.8 Å². The van der Waals surface area contributed by atoms with E-state index in [0.29, 0.717) is 10.6 Å². The van der Waals surface area contributed by atoms with Gasteiger partial charge in [0.05, 0.1) is 10.6 Å². The molecule has 5 nitrogen and oxygen atoms in total. The summed E-state index contributed by atoms with van der Waals surface area (Å²) >= 11 is 1.11. The molecule has 0 spiro atoms. The molecule has 0 aliphatic carbocycles. The topological polar surface area (TPSA) is 93.3 Å². The van der Waals surface area contributed by atoms with Crippen molar-refractivity contribution in [2.75, 3.05) is 0 Å². The van der Waals surface area contributed by atoms with Gasteiger partial charge in [0.15, 0.2) is 0 Å². The Bertz CT molecular complexity index is 415. The number of primary amides is 1. The Morgan fingerprint density at radius 3 is 2.44 bits per heavy atom. The SMILES string of the molecule is CC(C)(Sc1ccc(C(N)=O)cn1)C(=O)O. The Balaban J connectivity index is 2.84. The second kappa shape index (κ2) is 4.52. The first-order valence-corrected chi connectivity index (χ1v) is 5.33. The number of thioether (sulfide) groups is 1. The van der Waals surface area contributed by atoms with Gasteiger partial charge in [-0.05, 0) is 26.0 Å². The number of carbonyl (C=O) groups excluding carboxylic acids is 1. The number of aromatic nitrogens is 1. The first-order chi connectivity index (χ1) is 7.33. The molecule has 0 saturated carbocycles. The number of hydrogen-bond acceptors (Lipinski definition) is 4. The van der Waals surface area contributed by atoms with Crippen LogP contribution in [0.5, 0.6) is 0 Å². The number of nitrogens with two attached hydrogens (primary N) is 1. The molecule has 1 amide bonds. The number of carboxylic acids is 1. The first kappa shape index (κ1) is 12.5. The number of rotatable bonds is 4. The van der Waals surface area contributed by atoms with Crippen LogP contribution in [0, 0.1) is 0 Å². The van der Waals surface area contributed by atoms with Crippen LogP contribution in [0.25, 0.3) is 0 Å². The van der Waals surface area contributed by atoms with Crippen molar-refractivity contribution in [3.05, 3.63) is 23.9 Å². The van der Waals surface area contributed by atoms with Gasteiger partial charge in [-0.2, -0.15) is 0 Å². The molecule has 1 heterocycles. The highest BCUT2D eigenvalue weighted by molar-refractivity contribution is 8.01. The second-order valence-electron chi connectivity index (χ2n) is 3.67. The molecule has 0 radical (unpaired) electrons. The van der Waals surface area contributed by atoms with Gasteiger partial charge >= 0.3 is 5.97 Å². The van der Waals surface area contributed by atoms with E-state index in [-0.39, 0.29) is 0 Å². The van der Waals surface area contributed by atoms with E-state index in [2.05, 4.69) is 4.98 Å². The number of carbonyl (C=O) groups is 2. The summed E-state index contributed by atoms with van der Waals surface area (Å²) in [4.78, 5) is 25.6. The van der Waals surface area contributed by atoms with Crippen molar-refractivity contribution in [2.24, 2.45) is 5.73 Å². The molecule has 0 bridgehead atoms. The molecular weight excluding hydrogens is 228 g/mol. The monoisotopic (exact) mass is 240 g/mol. The molecule has 0 aliphatic heterocycles. The van der Waals surface area contributed by atoms with Crippen molar-refractivity contribution in [3.63, 3.8) is 0 Å². The summed E-state index contributed by atoms with van der Waals surface area (Å²) in [6.07, 6.45) is 1.34. The lowest BCUT2D eigenvalue weighted by Crippen LogP contribution is -2.27. The molecule has 1 rings (SSSR count).